The lowest BCUT2D eigenvalue weighted by atomic mass is 10.3. The molecule has 2 aromatic heterocycles. The second kappa shape index (κ2) is 5.03. The van der Waals surface area contributed by atoms with Crippen molar-refractivity contribution in [2.24, 2.45) is 0 Å². The monoisotopic (exact) mass is 241 g/mol. The second-order valence-electron chi connectivity index (χ2n) is 3.31. The highest BCUT2D eigenvalue weighted by Crippen LogP contribution is 2.14. The zero-order chi connectivity index (χ0) is 11.4. The Kier molecular flexibility index (Phi) is 3.46. The molecule has 0 saturated heterocycles. The van der Waals surface area contributed by atoms with Crippen LogP contribution >= 0.6 is 11.6 Å². The topological polar surface area (TPSA) is 64.1 Å². The lowest BCUT2D eigenvalue weighted by Crippen LogP contribution is -1.97. The molecule has 0 aliphatic rings. The van der Waals surface area contributed by atoms with Gasteiger partial charge in [0.2, 0.25) is 5.89 Å². The summed E-state index contributed by atoms with van der Waals surface area (Å²) >= 11 is 5.64. The molecule has 0 saturated carbocycles. The van der Waals surface area contributed by atoms with Crippen LogP contribution < -0.4 is 5.32 Å². The SMILES string of the molecule is CCCc1nnc(NCc2ccc(Cl)o2)o1. The number of hydrogen-bond acceptors (Lipinski definition) is 5. The quantitative estimate of drug-likeness (QED) is 0.872. The van der Waals surface area contributed by atoms with E-state index in [0.29, 0.717) is 23.7 Å². The minimum Gasteiger partial charge on any atom is -0.448 e. The van der Waals surface area contributed by atoms with Gasteiger partial charge in [-0.15, -0.1) is 5.10 Å². The van der Waals surface area contributed by atoms with Crippen LogP contribution in [0.3, 0.4) is 0 Å². The Morgan fingerprint density at radius 2 is 2.19 bits per heavy atom. The lowest BCUT2D eigenvalue weighted by Gasteiger charge is -1.96. The molecule has 5 nitrogen and oxygen atoms in total. The molecule has 0 aliphatic heterocycles. The number of rotatable bonds is 5. The van der Waals surface area contributed by atoms with Gasteiger partial charge >= 0.3 is 6.01 Å². The number of anilines is 1. The van der Waals surface area contributed by atoms with E-state index in [1.807, 2.05) is 0 Å². The molecule has 0 unspecified atom stereocenters. The van der Waals surface area contributed by atoms with Crippen molar-refractivity contribution in [2.45, 2.75) is 26.3 Å². The number of aryl methyl sites for hydroxylation is 1. The number of nitrogens with one attached hydrogen (secondary N) is 1. The maximum atomic E-state index is 5.64. The minimum atomic E-state index is 0.369. The molecule has 0 bridgehead atoms. The van der Waals surface area contributed by atoms with E-state index in [-0.39, 0.29) is 0 Å². The fourth-order valence-electron chi connectivity index (χ4n) is 1.25. The van der Waals surface area contributed by atoms with Crippen molar-refractivity contribution in [2.75, 3.05) is 5.32 Å². The van der Waals surface area contributed by atoms with Crippen LogP contribution in [0.4, 0.5) is 6.01 Å². The Labute approximate surface area is 97.8 Å². The highest BCUT2D eigenvalue weighted by atomic mass is 35.5. The highest BCUT2D eigenvalue weighted by molar-refractivity contribution is 6.28. The van der Waals surface area contributed by atoms with Gasteiger partial charge in [0, 0.05) is 6.42 Å². The van der Waals surface area contributed by atoms with Gasteiger partial charge in [0.1, 0.15) is 5.76 Å². The number of nitrogens with zero attached hydrogens (tertiary/aromatic N) is 2. The first-order valence-corrected chi connectivity index (χ1v) is 5.46. The van der Waals surface area contributed by atoms with Crippen LogP contribution in [0.15, 0.2) is 21.0 Å². The van der Waals surface area contributed by atoms with Crippen molar-refractivity contribution in [1.82, 2.24) is 10.2 Å². The summed E-state index contributed by atoms with van der Waals surface area (Å²) < 4.78 is 10.5. The Morgan fingerprint density at radius 1 is 1.31 bits per heavy atom. The fraction of sp³-hybridized carbons (Fsp3) is 0.400. The van der Waals surface area contributed by atoms with Gasteiger partial charge in [-0.05, 0) is 30.2 Å². The third-order valence-electron chi connectivity index (χ3n) is 1.97. The van der Waals surface area contributed by atoms with Crippen LogP contribution in [-0.2, 0) is 13.0 Å². The first-order valence-electron chi connectivity index (χ1n) is 5.08. The summed E-state index contributed by atoms with van der Waals surface area (Å²) in [7, 11) is 0. The molecule has 2 rings (SSSR count). The molecule has 0 aliphatic carbocycles. The normalized spacial score (nSPS) is 10.6. The Morgan fingerprint density at radius 3 is 2.88 bits per heavy atom. The van der Waals surface area contributed by atoms with Gasteiger partial charge in [-0.25, -0.2) is 0 Å². The Bertz CT molecular complexity index is 452. The molecule has 0 spiro atoms. The van der Waals surface area contributed by atoms with Crippen LogP contribution in [0.25, 0.3) is 0 Å². The summed E-state index contributed by atoms with van der Waals surface area (Å²) in [4.78, 5) is 0. The molecule has 0 fully saturated rings. The van der Waals surface area contributed by atoms with E-state index in [1.165, 1.54) is 0 Å². The van der Waals surface area contributed by atoms with E-state index in [2.05, 4.69) is 22.4 Å². The molecule has 16 heavy (non-hydrogen) atoms. The molecular weight excluding hydrogens is 230 g/mol. The molecule has 1 N–H and O–H groups in total. The summed E-state index contributed by atoms with van der Waals surface area (Å²) in [5.74, 6) is 1.36. The van der Waals surface area contributed by atoms with Crippen molar-refractivity contribution in [1.29, 1.82) is 0 Å². The van der Waals surface area contributed by atoms with Gasteiger partial charge < -0.3 is 14.2 Å². The summed E-state index contributed by atoms with van der Waals surface area (Å²) in [6.45, 7) is 2.53. The maximum absolute atomic E-state index is 5.64. The third-order valence-corrected chi connectivity index (χ3v) is 2.18. The number of hydrogen-bond donors (Lipinski definition) is 1. The van der Waals surface area contributed by atoms with Crippen molar-refractivity contribution in [3.8, 4) is 0 Å². The zero-order valence-electron chi connectivity index (χ0n) is 8.86. The minimum absolute atomic E-state index is 0.369. The smallest absolute Gasteiger partial charge is 0.315 e. The lowest BCUT2D eigenvalue weighted by molar-refractivity contribution is 0.489. The first-order chi connectivity index (χ1) is 7.78. The van der Waals surface area contributed by atoms with Crippen molar-refractivity contribution in [3.63, 3.8) is 0 Å². The van der Waals surface area contributed by atoms with Crippen LogP contribution in [0, 0.1) is 0 Å². The summed E-state index contributed by atoms with van der Waals surface area (Å²) in [6, 6.07) is 3.88. The van der Waals surface area contributed by atoms with E-state index >= 15 is 0 Å². The van der Waals surface area contributed by atoms with E-state index in [1.54, 1.807) is 12.1 Å². The molecule has 2 heterocycles. The standard InChI is InChI=1S/C10H12ClN3O2/c1-2-3-9-13-14-10(16-9)12-6-7-4-5-8(11)15-7/h4-5H,2-3,6H2,1H3,(H,12,14). The highest BCUT2D eigenvalue weighted by Gasteiger charge is 2.05. The van der Waals surface area contributed by atoms with Crippen molar-refractivity contribution < 1.29 is 8.83 Å². The molecule has 0 aromatic carbocycles. The Hall–Kier alpha value is -1.49. The third kappa shape index (κ3) is 2.76. The van der Waals surface area contributed by atoms with E-state index in [4.69, 9.17) is 20.4 Å². The van der Waals surface area contributed by atoms with Crippen molar-refractivity contribution in [3.05, 3.63) is 29.0 Å². The summed E-state index contributed by atoms with van der Waals surface area (Å²) in [6.07, 6.45) is 1.77. The molecular formula is C10H12ClN3O2. The Balaban J connectivity index is 1.89. The molecule has 86 valence electrons. The zero-order valence-corrected chi connectivity index (χ0v) is 9.62. The molecule has 0 radical (unpaired) electrons. The van der Waals surface area contributed by atoms with E-state index in [9.17, 15) is 0 Å². The molecule has 2 aromatic rings. The summed E-state index contributed by atoms with van der Waals surface area (Å²) in [5.41, 5.74) is 0. The average molecular weight is 242 g/mol. The van der Waals surface area contributed by atoms with Gasteiger partial charge in [0.25, 0.3) is 0 Å². The maximum Gasteiger partial charge on any atom is 0.315 e. The summed E-state index contributed by atoms with van der Waals surface area (Å²) in [5, 5.41) is 11.1. The largest absolute Gasteiger partial charge is 0.448 e. The van der Waals surface area contributed by atoms with Crippen LogP contribution in [0.5, 0.6) is 0 Å². The first kappa shape index (κ1) is 11.0. The predicted molar refractivity (Wildman–Crippen MR) is 59.3 cm³/mol. The molecule has 6 heteroatoms. The molecule has 0 atom stereocenters. The van der Waals surface area contributed by atoms with Gasteiger partial charge in [-0.2, -0.15) is 0 Å². The molecule has 0 amide bonds. The van der Waals surface area contributed by atoms with Gasteiger partial charge in [0.05, 0.1) is 6.54 Å². The number of halogens is 1. The average Bonchev–Trinajstić information content (AvgIpc) is 2.85. The van der Waals surface area contributed by atoms with E-state index in [0.717, 1.165) is 18.6 Å². The van der Waals surface area contributed by atoms with Gasteiger partial charge in [-0.1, -0.05) is 12.0 Å². The predicted octanol–water partition coefficient (Wildman–Crippen LogP) is 2.88. The van der Waals surface area contributed by atoms with Gasteiger partial charge in [0.15, 0.2) is 5.22 Å². The van der Waals surface area contributed by atoms with Gasteiger partial charge in [-0.3, -0.25) is 0 Å². The number of aromatic nitrogens is 2. The van der Waals surface area contributed by atoms with E-state index < -0.39 is 0 Å². The second-order valence-corrected chi connectivity index (χ2v) is 3.68. The van der Waals surface area contributed by atoms with Crippen LogP contribution in [0.2, 0.25) is 5.22 Å². The van der Waals surface area contributed by atoms with Crippen LogP contribution in [-0.4, -0.2) is 10.2 Å². The van der Waals surface area contributed by atoms with Crippen molar-refractivity contribution >= 4 is 17.6 Å². The number of furan rings is 1. The fourth-order valence-corrected chi connectivity index (χ4v) is 1.41. The van der Waals surface area contributed by atoms with Crippen LogP contribution in [0.1, 0.15) is 25.0 Å².